The van der Waals surface area contributed by atoms with Crippen molar-refractivity contribution in [3.63, 3.8) is 0 Å². The van der Waals surface area contributed by atoms with Crippen LogP contribution in [0.4, 0.5) is 4.39 Å². The normalized spacial score (nSPS) is 16.7. The Labute approximate surface area is 159 Å². The number of nitrogens with zero attached hydrogens (tertiary/aromatic N) is 1. The molecule has 1 heterocycles. The second-order valence-electron chi connectivity index (χ2n) is 6.74. The topological polar surface area (TPSA) is 66.5 Å². The summed E-state index contributed by atoms with van der Waals surface area (Å²) in [6.07, 6.45) is 2.75. The summed E-state index contributed by atoms with van der Waals surface area (Å²) in [5, 5.41) is 2.82. The lowest BCUT2D eigenvalue weighted by Gasteiger charge is -2.26. The molecule has 5 nitrogen and oxygen atoms in total. The Morgan fingerprint density at radius 3 is 2.41 bits per heavy atom. The van der Waals surface area contributed by atoms with Crippen LogP contribution in [0.2, 0.25) is 0 Å². The molecule has 0 spiro atoms. The van der Waals surface area contributed by atoms with Gasteiger partial charge < -0.3 is 5.32 Å². The van der Waals surface area contributed by atoms with Gasteiger partial charge in [-0.3, -0.25) is 4.79 Å². The fourth-order valence-electron chi connectivity index (χ4n) is 3.17. The van der Waals surface area contributed by atoms with Crippen molar-refractivity contribution in [2.24, 2.45) is 0 Å². The monoisotopic (exact) mass is 390 g/mol. The first-order valence-electron chi connectivity index (χ1n) is 9.04. The van der Waals surface area contributed by atoms with E-state index in [2.05, 4.69) is 5.32 Å². The Morgan fingerprint density at radius 1 is 1.07 bits per heavy atom. The minimum atomic E-state index is -3.59. The van der Waals surface area contributed by atoms with Crippen LogP contribution in [0.25, 0.3) is 0 Å². The van der Waals surface area contributed by atoms with Crippen LogP contribution < -0.4 is 5.32 Å². The number of hydrogen-bond acceptors (Lipinski definition) is 3. The minimum Gasteiger partial charge on any atom is -0.346 e. The molecule has 1 amide bonds. The highest BCUT2D eigenvalue weighted by molar-refractivity contribution is 7.89. The molecule has 0 aliphatic carbocycles. The Hall–Kier alpha value is -2.25. The van der Waals surface area contributed by atoms with E-state index in [0.717, 1.165) is 24.8 Å². The summed E-state index contributed by atoms with van der Waals surface area (Å²) >= 11 is 0. The maximum absolute atomic E-state index is 13.0. The summed E-state index contributed by atoms with van der Waals surface area (Å²) in [7, 11) is -3.59. The van der Waals surface area contributed by atoms with E-state index >= 15 is 0 Å². The molecule has 0 aromatic heterocycles. The molecule has 2 aromatic rings. The molecule has 1 aliphatic heterocycles. The number of carbonyl (C=O) groups excluding carboxylic acids is 1. The third-order valence-corrected chi connectivity index (χ3v) is 6.66. The minimum absolute atomic E-state index is 0.131. The molecule has 1 saturated heterocycles. The molecular formula is C20H23FN2O3S. The molecule has 1 atom stereocenters. The van der Waals surface area contributed by atoms with E-state index in [1.54, 1.807) is 31.2 Å². The average Bonchev–Trinajstić information content (AvgIpc) is 2.69. The third kappa shape index (κ3) is 4.54. The number of carbonyl (C=O) groups is 1. The summed E-state index contributed by atoms with van der Waals surface area (Å²) in [4.78, 5) is 12.7. The van der Waals surface area contributed by atoms with Crippen LogP contribution in [0.3, 0.4) is 0 Å². The first kappa shape index (κ1) is 19.5. The standard InChI is InChI=1S/C20H23FN2O3S/c1-15(16-8-10-18(21)11-9-16)22-20(24)17-6-5-7-19(14-17)27(25,26)23-12-3-2-4-13-23/h5-11,14-15H,2-4,12-13H2,1H3,(H,22,24). The predicted molar refractivity (Wildman–Crippen MR) is 101 cm³/mol. The van der Waals surface area contributed by atoms with Gasteiger partial charge in [0.15, 0.2) is 0 Å². The molecule has 1 unspecified atom stereocenters. The quantitative estimate of drug-likeness (QED) is 0.850. The fourth-order valence-corrected chi connectivity index (χ4v) is 4.73. The van der Waals surface area contributed by atoms with Gasteiger partial charge in [-0.1, -0.05) is 24.6 Å². The van der Waals surface area contributed by atoms with Crippen LogP contribution in [-0.2, 0) is 10.0 Å². The van der Waals surface area contributed by atoms with Crippen molar-refractivity contribution in [1.82, 2.24) is 9.62 Å². The lowest BCUT2D eigenvalue weighted by Crippen LogP contribution is -2.35. The summed E-state index contributed by atoms with van der Waals surface area (Å²) < 4.78 is 40.1. The Balaban J connectivity index is 1.76. The van der Waals surface area contributed by atoms with Crippen LogP contribution in [0.1, 0.15) is 48.1 Å². The number of piperidine rings is 1. The number of sulfonamides is 1. The Morgan fingerprint density at radius 2 is 1.74 bits per heavy atom. The van der Waals surface area contributed by atoms with Gasteiger partial charge >= 0.3 is 0 Å². The number of benzene rings is 2. The number of amides is 1. The molecule has 0 radical (unpaired) electrons. The van der Waals surface area contributed by atoms with Crippen molar-refractivity contribution in [3.8, 4) is 0 Å². The van der Waals surface area contributed by atoms with Crippen LogP contribution in [-0.4, -0.2) is 31.7 Å². The van der Waals surface area contributed by atoms with Crippen molar-refractivity contribution < 1.29 is 17.6 Å². The molecule has 0 saturated carbocycles. The van der Waals surface area contributed by atoms with Gasteiger partial charge in [-0.05, 0) is 55.7 Å². The lowest BCUT2D eigenvalue weighted by molar-refractivity contribution is 0.0939. The van der Waals surface area contributed by atoms with Crippen LogP contribution in [0.5, 0.6) is 0 Å². The molecule has 1 fully saturated rings. The van der Waals surface area contributed by atoms with E-state index in [-0.39, 0.29) is 28.2 Å². The molecule has 27 heavy (non-hydrogen) atoms. The molecular weight excluding hydrogens is 367 g/mol. The van der Waals surface area contributed by atoms with Gasteiger partial charge in [0, 0.05) is 18.7 Å². The zero-order valence-electron chi connectivity index (χ0n) is 15.2. The number of halogens is 1. The highest BCUT2D eigenvalue weighted by atomic mass is 32.2. The summed E-state index contributed by atoms with van der Waals surface area (Å²) in [6.45, 7) is 2.82. The maximum Gasteiger partial charge on any atom is 0.251 e. The molecule has 1 aliphatic rings. The highest BCUT2D eigenvalue weighted by Crippen LogP contribution is 2.22. The van der Waals surface area contributed by atoms with Gasteiger partial charge in [0.2, 0.25) is 10.0 Å². The smallest absolute Gasteiger partial charge is 0.251 e. The van der Waals surface area contributed by atoms with Gasteiger partial charge in [0.25, 0.3) is 5.91 Å². The number of rotatable bonds is 5. The first-order chi connectivity index (χ1) is 12.9. The van der Waals surface area contributed by atoms with Crippen molar-refractivity contribution in [1.29, 1.82) is 0 Å². The van der Waals surface area contributed by atoms with Crippen molar-refractivity contribution >= 4 is 15.9 Å². The first-order valence-corrected chi connectivity index (χ1v) is 10.5. The molecule has 0 bridgehead atoms. The highest BCUT2D eigenvalue weighted by Gasteiger charge is 2.26. The van der Waals surface area contributed by atoms with E-state index in [9.17, 15) is 17.6 Å². The van der Waals surface area contributed by atoms with E-state index in [0.29, 0.717) is 13.1 Å². The van der Waals surface area contributed by atoms with Crippen molar-refractivity contribution in [3.05, 3.63) is 65.5 Å². The molecule has 3 rings (SSSR count). The second kappa shape index (κ2) is 8.19. The SMILES string of the molecule is CC(NC(=O)c1cccc(S(=O)(=O)N2CCCCC2)c1)c1ccc(F)cc1. The van der Waals surface area contributed by atoms with Crippen LogP contribution in [0.15, 0.2) is 53.4 Å². The van der Waals surface area contributed by atoms with E-state index in [1.165, 1.54) is 28.6 Å². The van der Waals surface area contributed by atoms with Gasteiger partial charge in [0.1, 0.15) is 5.82 Å². The van der Waals surface area contributed by atoms with Crippen LogP contribution in [0, 0.1) is 5.82 Å². The van der Waals surface area contributed by atoms with Crippen LogP contribution >= 0.6 is 0 Å². The summed E-state index contributed by atoms with van der Waals surface area (Å²) in [6, 6.07) is 11.7. The summed E-state index contributed by atoms with van der Waals surface area (Å²) in [5.41, 5.74) is 1.05. The summed E-state index contributed by atoms with van der Waals surface area (Å²) in [5.74, 6) is -0.713. The fraction of sp³-hybridized carbons (Fsp3) is 0.350. The second-order valence-corrected chi connectivity index (χ2v) is 8.68. The molecule has 7 heteroatoms. The predicted octanol–water partition coefficient (Wildman–Crippen LogP) is 3.49. The molecule has 2 aromatic carbocycles. The van der Waals surface area contributed by atoms with Crippen molar-refractivity contribution in [2.45, 2.75) is 37.1 Å². The van der Waals surface area contributed by atoms with E-state index in [4.69, 9.17) is 0 Å². The Bertz CT molecular complexity index is 907. The number of hydrogen-bond donors (Lipinski definition) is 1. The van der Waals surface area contributed by atoms with E-state index < -0.39 is 10.0 Å². The average molecular weight is 390 g/mol. The molecule has 144 valence electrons. The zero-order valence-corrected chi connectivity index (χ0v) is 16.0. The maximum atomic E-state index is 13.0. The van der Waals surface area contributed by atoms with Gasteiger partial charge in [-0.2, -0.15) is 4.31 Å². The zero-order chi connectivity index (χ0) is 19.4. The number of nitrogens with one attached hydrogen (secondary N) is 1. The largest absolute Gasteiger partial charge is 0.346 e. The molecule has 1 N–H and O–H groups in total. The Kier molecular flexibility index (Phi) is 5.92. The third-order valence-electron chi connectivity index (χ3n) is 4.77. The van der Waals surface area contributed by atoms with Gasteiger partial charge in [-0.25, -0.2) is 12.8 Å². The lowest BCUT2D eigenvalue weighted by atomic mass is 10.1. The van der Waals surface area contributed by atoms with Crippen molar-refractivity contribution in [2.75, 3.05) is 13.1 Å². The van der Waals surface area contributed by atoms with E-state index in [1.807, 2.05) is 0 Å². The van der Waals surface area contributed by atoms with Gasteiger partial charge in [0.05, 0.1) is 10.9 Å². The van der Waals surface area contributed by atoms with Gasteiger partial charge in [-0.15, -0.1) is 0 Å².